The number of hydrogen-bond acceptors (Lipinski definition) is 6. The Balaban J connectivity index is -0.000000845. The van der Waals surface area contributed by atoms with E-state index in [0.29, 0.717) is 0 Å². The maximum absolute atomic E-state index is 10.8. The van der Waals surface area contributed by atoms with Crippen LogP contribution in [0.2, 0.25) is 0 Å². The maximum atomic E-state index is 10.8. The van der Waals surface area contributed by atoms with Gasteiger partial charge in [-0.1, -0.05) is 0 Å². The van der Waals surface area contributed by atoms with Crippen molar-refractivity contribution in [2.75, 3.05) is 14.2 Å². The molecule has 16 heavy (non-hydrogen) atoms. The summed E-state index contributed by atoms with van der Waals surface area (Å²) in [5.74, 6) is -2.14. The van der Waals surface area contributed by atoms with Gasteiger partial charge in [0.05, 0.1) is 20.6 Å². The molecule has 0 aromatic heterocycles. The van der Waals surface area contributed by atoms with Gasteiger partial charge in [-0.05, 0) is 0 Å². The Labute approximate surface area is 138 Å². The van der Waals surface area contributed by atoms with E-state index in [1.165, 1.54) is 0 Å². The van der Waals surface area contributed by atoms with Gasteiger partial charge in [-0.2, -0.15) is 8.42 Å². The molecule has 1 atom stereocenters. The first kappa shape index (κ1) is 22.1. The summed E-state index contributed by atoms with van der Waals surface area (Å²) in [6.45, 7) is 0. The molecule has 10 heteroatoms. The third kappa shape index (κ3) is 8.02. The van der Waals surface area contributed by atoms with Crippen molar-refractivity contribution >= 4 is 81.2 Å². The minimum atomic E-state index is -4.66. The molecule has 0 amide bonds. The van der Waals surface area contributed by atoms with Gasteiger partial charge in [-0.3, -0.25) is 14.1 Å². The number of carbonyl (C=O) groups excluding carboxylic acids is 2. The Morgan fingerprint density at radius 3 is 1.88 bits per heavy atom. The van der Waals surface area contributed by atoms with Crippen LogP contribution in [0.4, 0.5) is 0 Å². The van der Waals surface area contributed by atoms with Gasteiger partial charge in [-0.15, -0.1) is 0 Å². The van der Waals surface area contributed by atoms with Gasteiger partial charge in [0.25, 0.3) is 10.1 Å². The Hall–Kier alpha value is 0.850. The van der Waals surface area contributed by atoms with E-state index in [0.717, 1.165) is 14.2 Å². The zero-order valence-corrected chi connectivity index (χ0v) is 8.41. The molecular formula is C6H12Na2O7S. The van der Waals surface area contributed by atoms with Crippen molar-refractivity contribution in [2.24, 2.45) is 0 Å². The zero-order chi connectivity index (χ0) is 11.4. The molecule has 0 aliphatic heterocycles. The van der Waals surface area contributed by atoms with Crippen LogP contribution >= 0.6 is 0 Å². The fraction of sp³-hybridized carbons (Fsp3) is 0.667. The molecule has 0 aliphatic carbocycles. The molecule has 0 aromatic carbocycles. The average Bonchev–Trinajstić information content (AvgIpc) is 2.10. The molecular weight excluding hydrogens is 262 g/mol. The van der Waals surface area contributed by atoms with Crippen molar-refractivity contribution in [1.29, 1.82) is 0 Å². The summed E-state index contributed by atoms with van der Waals surface area (Å²) in [5, 5.41) is -1.93. The summed E-state index contributed by atoms with van der Waals surface area (Å²) in [6.07, 6.45) is -0.776. The van der Waals surface area contributed by atoms with Crippen LogP contribution in [0.15, 0.2) is 0 Å². The fourth-order valence-electron chi connectivity index (χ4n) is 0.676. The number of ether oxygens (including phenoxy) is 2. The first-order valence-corrected chi connectivity index (χ1v) is 4.94. The first-order valence-electron chi connectivity index (χ1n) is 3.44. The topological polar surface area (TPSA) is 107 Å². The minimum absolute atomic E-state index is 0. The van der Waals surface area contributed by atoms with Gasteiger partial charge < -0.3 is 9.47 Å². The molecule has 0 heterocycles. The van der Waals surface area contributed by atoms with Gasteiger partial charge in [0.15, 0.2) is 5.25 Å². The molecule has 86 valence electrons. The average molecular weight is 274 g/mol. The molecule has 0 fully saturated rings. The standard InChI is InChI=1S/C6H10O7S.2Na.2H/c1-12-5(7)3-4(6(8)13-2)14(9,10)11;;;;/h4H,3H2,1-2H3,(H,9,10,11);;;;. The third-order valence-corrected chi connectivity index (χ3v) is 2.48. The second-order valence-corrected chi connectivity index (χ2v) is 3.91. The predicted molar refractivity (Wildman–Crippen MR) is 58.3 cm³/mol. The van der Waals surface area contributed by atoms with E-state index in [1.54, 1.807) is 0 Å². The SMILES string of the molecule is COC(=O)CC(C(=O)OC)S(=O)(=O)O.[NaH].[NaH]. The van der Waals surface area contributed by atoms with Crippen LogP contribution in [-0.4, -0.2) is 103 Å². The van der Waals surface area contributed by atoms with E-state index in [9.17, 15) is 18.0 Å². The summed E-state index contributed by atoms with van der Waals surface area (Å²) in [6, 6.07) is 0. The second-order valence-electron chi connectivity index (χ2n) is 2.31. The van der Waals surface area contributed by atoms with Crippen molar-refractivity contribution in [3.05, 3.63) is 0 Å². The van der Waals surface area contributed by atoms with Crippen LogP contribution in [0.3, 0.4) is 0 Å². The molecule has 0 saturated carbocycles. The molecule has 0 bridgehead atoms. The van der Waals surface area contributed by atoms with E-state index in [-0.39, 0.29) is 59.1 Å². The van der Waals surface area contributed by atoms with Crippen LogP contribution in [0, 0.1) is 0 Å². The number of esters is 2. The normalized spacial score (nSPS) is 11.4. The quantitative estimate of drug-likeness (QED) is 0.348. The molecule has 0 rings (SSSR count). The van der Waals surface area contributed by atoms with E-state index in [1.807, 2.05) is 0 Å². The summed E-state index contributed by atoms with van der Waals surface area (Å²) in [4.78, 5) is 21.5. The van der Waals surface area contributed by atoms with E-state index in [2.05, 4.69) is 9.47 Å². The van der Waals surface area contributed by atoms with Crippen molar-refractivity contribution in [3.63, 3.8) is 0 Å². The fourth-order valence-corrected chi connectivity index (χ4v) is 1.36. The Kier molecular flexibility index (Phi) is 13.6. The van der Waals surface area contributed by atoms with Crippen LogP contribution in [0.5, 0.6) is 0 Å². The molecule has 0 aliphatic rings. The summed E-state index contributed by atoms with van der Waals surface area (Å²) in [5.41, 5.74) is 0. The van der Waals surface area contributed by atoms with Gasteiger partial charge in [0.1, 0.15) is 0 Å². The van der Waals surface area contributed by atoms with Crippen molar-refractivity contribution in [1.82, 2.24) is 0 Å². The second kappa shape index (κ2) is 9.84. The van der Waals surface area contributed by atoms with Gasteiger partial charge in [0.2, 0.25) is 0 Å². The number of methoxy groups -OCH3 is 2. The van der Waals surface area contributed by atoms with Gasteiger partial charge in [0, 0.05) is 0 Å². The van der Waals surface area contributed by atoms with E-state index >= 15 is 0 Å². The Morgan fingerprint density at radius 1 is 1.19 bits per heavy atom. The molecule has 0 spiro atoms. The summed E-state index contributed by atoms with van der Waals surface area (Å²) >= 11 is 0. The molecule has 0 saturated heterocycles. The first-order chi connectivity index (χ1) is 6.32. The molecule has 7 nitrogen and oxygen atoms in total. The van der Waals surface area contributed by atoms with E-state index < -0.39 is 33.7 Å². The van der Waals surface area contributed by atoms with Crippen LogP contribution in [0.1, 0.15) is 6.42 Å². The molecule has 1 N–H and O–H groups in total. The number of hydrogen-bond donors (Lipinski definition) is 1. The van der Waals surface area contributed by atoms with Crippen molar-refractivity contribution < 1.29 is 32.0 Å². The predicted octanol–water partition coefficient (Wildman–Crippen LogP) is -2.32. The zero-order valence-electron chi connectivity index (χ0n) is 7.59. The molecule has 1 unspecified atom stereocenters. The van der Waals surface area contributed by atoms with E-state index in [4.69, 9.17) is 4.55 Å². The summed E-state index contributed by atoms with van der Waals surface area (Å²) < 4.78 is 38.1. The van der Waals surface area contributed by atoms with Crippen molar-refractivity contribution in [2.45, 2.75) is 11.7 Å². The molecule has 0 radical (unpaired) electrons. The monoisotopic (exact) mass is 274 g/mol. The van der Waals surface area contributed by atoms with Gasteiger partial charge in [-0.25, -0.2) is 0 Å². The van der Waals surface area contributed by atoms with Crippen LogP contribution in [-0.2, 0) is 29.2 Å². The number of rotatable bonds is 4. The number of carbonyl (C=O) groups is 2. The Bertz CT molecular complexity index is 326. The van der Waals surface area contributed by atoms with Crippen LogP contribution in [0.25, 0.3) is 0 Å². The van der Waals surface area contributed by atoms with Crippen molar-refractivity contribution in [3.8, 4) is 0 Å². The summed E-state index contributed by atoms with van der Waals surface area (Å²) in [7, 11) is -2.69. The third-order valence-electron chi connectivity index (χ3n) is 1.40. The van der Waals surface area contributed by atoms with Gasteiger partial charge >= 0.3 is 71.1 Å². The Morgan fingerprint density at radius 2 is 1.62 bits per heavy atom. The molecule has 0 aromatic rings. The van der Waals surface area contributed by atoms with Crippen LogP contribution < -0.4 is 0 Å².